The van der Waals surface area contributed by atoms with Gasteiger partial charge in [0.25, 0.3) is 0 Å². The van der Waals surface area contributed by atoms with E-state index in [1.807, 2.05) is 18.2 Å². The molecule has 1 saturated heterocycles. The van der Waals surface area contributed by atoms with Gasteiger partial charge in [0.2, 0.25) is 0 Å². The van der Waals surface area contributed by atoms with Crippen molar-refractivity contribution in [1.29, 1.82) is 0 Å². The molecule has 0 atom stereocenters. The van der Waals surface area contributed by atoms with Crippen molar-refractivity contribution in [3.05, 3.63) is 41.4 Å². The number of morpholine rings is 1. The molecule has 0 bridgehead atoms. The Hall–Kier alpha value is -1.96. The minimum Gasteiger partial charge on any atom is -0.379 e. The zero-order chi connectivity index (χ0) is 19.8. The van der Waals surface area contributed by atoms with Crippen molar-refractivity contribution in [3.8, 4) is 10.6 Å². The number of hydrogen-bond acceptors (Lipinski definition) is 5. The Morgan fingerprint density at radius 2 is 1.96 bits per heavy atom. The molecular weight excluding hydrogens is 370 g/mol. The number of ether oxygens (including phenoxy) is 1. The molecule has 1 aliphatic rings. The van der Waals surface area contributed by atoms with Gasteiger partial charge >= 0.3 is 0 Å². The summed E-state index contributed by atoms with van der Waals surface area (Å²) in [6.45, 7) is 12.4. The van der Waals surface area contributed by atoms with Crippen LogP contribution in [-0.4, -0.2) is 60.8 Å². The summed E-state index contributed by atoms with van der Waals surface area (Å²) < 4.78 is 5.48. The highest BCUT2D eigenvalue weighted by atomic mass is 32.1. The van der Waals surface area contributed by atoms with Crippen LogP contribution in [0, 0.1) is 0 Å². The van der Waals surface area contributed by atoms with Crippen LogP contribution in [0.2, 0.25) is 0 Å². The predicted octanol–water partition coefficient (Wildman–Crippen LogP) is 2.98. The zero-order valence-electron chi connectivity index (χ0n) is 17.1. The number of nitrogens with one attached hydrogen (secondary N) is 2. The number of benzene rings is 1. The maximum atomic E-state index is 5.48. The molecule has 1 aromatic carbocycles. The Morgan fingerprint density at radius 3 is 2.68 bits per heavy atom. The second-order valence-electron chi connectivity index (χ2n) is 7.47. The third-order valence-electron chi connectivity index (χ3n) is 4.87. The van der Waals surface area contributed by atoms with E-state index in [1.165, 1.54) is 0 Å². The maximum absolute atomic E-state index is 5.48. The van der Waals surface area contributed by atoms with Crippen LogP contribution in [-0.2, 0) is 11.3 Å². The summed E-state index contributed by atoms with van der Waals surface area (Å²) in [6.07, 6.45) is 0. The lowest BCUT2D eigenvalue weighted by atomic mass is 10.0. The molecular formula is C21H31N5OS. The number of aliphatic imine (C=N–C) groups is 1. The van der Waals surface area contributed by atoms with Crippen LogP contribution < -0.4 is 10.6 Å². The van der Waals surface area contributed by atoms with Crippen molar-refractivity contribution >= 4 is 17.3 Å². The summed E-state index contributed by atoms with van der Waals surface area (Å²) in [5.74, 6) is 0.832. The van der Waals surface area contributed by atoms with E-state index >= 15 is 0 Å². The smallest absolute Gasteiger partial charge is 0.191 e. The lowest BCUT2D eigenvalue weighted by Crippen LogP contribution is -2.56. The van der Waals surface area contributed by atoms with Gasteiger partial charge in [0.05, 0.1) is 25.5 Å². The molecule has 1 fully saturated rings. The summed E-state index contributed by atoms with van der Waals surface area (Å²) in [5, 5.41) is 9.97. The minimum absolute atomic E-state index is 0.0427. The molecule has 0 radical (unpaired) electrons. The molecule has 1 aliphatic heterocycles. The lowest BCUT2D eigenvalue weighted by molar-refractivity contribution is -0.00834. The molecule has 7 heteroatoms. The first-order valence-corrected chi connectivity index (χ1v) is 10.8. The van der Waals surface area contributed by atoms with Crippen LogP contribution in [0.15, 0.2) is 40.7 Å². The first kappa shape index (κ1) is 20.8. The van der Waals surface area contributed by atoms with Crippen LogP contribution in [0.25, 0.3) is 10.6 Å². The third-order valence-corrected chi connectivity index (χ3v) is 5.81. The first-order valence-electron chi connectivity index (χ1n) is 9.93. The van der Waals surface area contributed by atoms with Crippen LogP contribution in [0.5, 0.6) is 0 Å². The Balaban J connectivity index is 1.59. The highest BCUT2D eigenvalue weighted by Gasteiger charge is 2.28. The Bertz CT molecular complexity index is 753. The molecule has 2 aromatic rings. The van der Waals surface area contributed by atoms with Gasteiger partial charge in [-0.15, -0.1) is 11.3 Å². The van der Waals surface area contributed by atoms with Gasteiger partial charge in [-0.05, 0) is 20.8 Å². The fourth-order valence-corrected chi connectivity index (χ4v) is 3.99. The Labute approximate surface area is 172 Å². The molecule has 28 heavy (non-hydrogen) atoms. The summed E-state index contributed by atoms with van der Waals surface area (Å²) in [7, 11) is 0. The second kappa shape index (κ2) is 10.0. The molecule has 152 valence electrons. The van der Waals surface area contributed by atoms with E-state index in [0.717, 1.165) is 61.6 Å². The fourth-order valence-electron chi connectivity index (χ4n) is 3.18. The average molecular weight is 402 g/mol. The van der Waals surface area contributed by atoms with Gasteiger partial charge < -0.3 is 15.4 Å². The number of hydrogen-bond donors (Lipinski definition) is 2. The highest BCUT2D eigenvalue weighted by molar-refractivity contribution is 7.13. The van der Waals surface area contributed by atoms with E-state index in [0.29, 0.717) is 6.54 Å². The predicted molar refractivity (Wildman–Crippen MR) is 117 cm³/mol. The number of guanidine groups is 1. The first-order chi connectivity index (χ1) is 13.6. The summed E-state index contributed by atoms with van der Waals surface area (Å²) in [5.41, 5.74) is 2.19. The van der Waals surface area contributed by atoms with Crippen LogP contribution in [0.3, 0.4) is 0 Å². The zero-order valence-corrected chi connectivity index (χ0v) is 17.9. The van der Waals surface area contributed by atoms with E-state index < -0.39 is 0 Å². The Kier molecular flexibility index (Phi) is 7.42. The number of thiazole rings is 1. The van der Waals surface area contributed by atoms with Crippen LogP contribution in [0.4, 0.5) is 0 Å². The van der Waals surface area contributed by atoms with Gasteiger partial charge in [-0.1, -0.05) is 30.3 Å². The van der Waals surface area contributed by atoms with E-state index in [2.05, 4.69) is 53.8 Å². The summed E-state index contributed by atoms with van der Waals surface area (Å²) in [6, 6.07) is 10.3. The SMILES string of the molecule is CCNC(=NCc1csc(-c2ccccc2)n1)NCC(C)(C)N1CCOCC1. The molecule has 0 aliphatic carbocycles. The van der Waals surface area contributed by atoms with Crippen LogP contribution >= 0.6 is 11.3 Å². The standard InChI is InChI=1S/C21H31N5OS/c1-4-22-20(24-16-21(2,3)26-10-12-27-13-11-26)23-14-18-15-28-19(25-18)17-8-6-5-7-9-17/h5-9,15H,4,10-14,16H2,1-3H3,(H2,22,23,24). The summed E-state index contributed by atoms with van der Waals surface area (Å²) in [4.78, 5) is 11.9. The van der Waals surface area contributed by atoms with Gasteiger partial charge in [-0.25, -0.2) is 9.98 Å². The highest BCUT2D eigenvalue weighted by Crippen LogP contribution is 2.23. The Morgan fingerprint density at radius 1 is 1.21 bits per heavy atom. The molecule has 2 heterocycles. The van der Waals surface area contributed by atoms with Crippen LogP contribution in [0.1, 0.15) is 26.5 Å². The monoisotopic (exact) mass is 401 g/mol. The van der Waals surface area contributed by atoms with E-state index in [9.17, 15) is 0 Å². The molecule has 3 rings (SSSR count). The fraction of sp³-hybridized carbons (Fsp3) is 0.524. The second-order valence-corrected chi connectivity index (χ2v) is 8.33. The third kappa shape index (κ3) is 5.77. The van der Waals surface area contributed by atoms with Gasteiger partial charge in [-0.3, -0.25) is 4.90 Å². The van der Waals surface area contributed by atoms with Gasteiger partial charge in [0.15, 0.2) is 5.96 Å². The molecule has 2 N–H and O–H groups in total. The maximum Gasteiger partial charge on any atom is 0.191 e. The number of aromatic nitrogens is 1. The molecule has 0 saturated carbocycles. The van der Waals surface area contributed by atoms with Crippen molar-refractivity contribution in [3.63, 3.8) is 0 Å². The number of nitrogens with zero attached hydrogens (tertiary/aromatic N) is 3. The van der Waals surface area contributed by atoms with Gasteiger partial charge in [0, 0.05) is 42.7 Å². The normalized spacial score (nSPS) is 16.2. The van der Waals surface area contributed by atoms with E-state index in [1.54, 1.807) is 11.3 Å². The van der Waals surface area contributed by atoms with Crippen molar-refractivity contribution in [2.75, 3.05) is 39.4 Å². The van der Waals surface area contributed by atoms with Crippen molar-refractivity contribution in [1.82, 2.24) is 20.5 Å². The molecule has 1 aromatic heterocycles. The van der Waals surface area contributed by atoms with Gasteiger partial charge in [-0.2, -0.15) is 0 Å². The van der Waals surface area contributed by atoms with Gasteiger partial charge in [0.1, 0.15) is 5.01 Å². The van der Waals surface area contributed by atoms with Crippen molar-refractivity contribution in [2.24, 2.45) is 4.99 Å². The van der Waals surface area contributed by atoms with Crippen molar-refractivity contribution in [2.45, 2.75) is 32.9 Å². The molecule has 0 amide bonds. The van der Waals surface area contributed by atoms with E-state index in [4.69, 9.17) is 14.7 Å². The molecule has 0 spiro atoms. The topological polar surface area (TPSA) is 61.8 Å². The summed E-state index contributed by atoms with van der Waals surface area (Å²) >= 11 is 1.66. The largest absolute Gasteiger partial charge is 0.379 e. The van der Waals surface area contributed by atoms with Crippen molar-refractivity contribution < 1.29 is 4.74 Å². The lowest BCUT2D eigenvalue weighted by Gasteiger charge is -2.41. The van der Waals surface area contributed by atoms with E-state index in [-0.39, 0.29) is 5.54 Å². The molecule has 6 nitrogen and oxygen atoms in total. The quantitative estimate of drug-likeness (QED) is 0.552. The average Bonchev–Trinajstić information content (AvgIpc) is 3.20. The minimum atomic E-state index is 0.0427. The number of rotatable bonds is 7. The molecule has 0 unspecified atom stereocenters.